The Morgan fingerprint density at radius 2 is 0.750 bits per heavy atom. The van der Waals surface area contributed by atoms with Crippen LogP contribution in [0, 0.1) is 3.57 Å². The van der Waals surface area contributed by atoms with Gasteiger partial charge in [0, 0.05) is 3.57 Å². The van der Waals surface area contributed by atoms with Gasteiger partial charge in [-0.25, -0.2) is 0 Å². The third kappa shape index (κ3) is 13.8. The van der Waals surface area contributed by atoms with E-state index in [0.717, 1.165) is 0 Å². The average molecular weight is 540 g/mol. The highest BCUT2D eigenvalue weighted by Gasteiger charge is 2.07. The summed E-state index contributed by atoms with van der Waals surface area (Å²) in [7, 11) is -1.34. The molecule has 0 spiro atoms. The molecule has 0 unspecified atom stereocenters. The van der Waals surface area contributed by atoms with Gasteiger partial charge in [-0.05, 0) is 51.3 Å². The van der Waals surface area contributed by atoms with Gasteiger partial charge in [-0.3, -0.25) is 0 Å². The van der Waals surface area contributed by atoms with Crippen molar-refractivity contribution in [1.82, 2.24) is 0 Å². The molecule has 2 N–H and O–H groups in total. The van der Waals surface area contributed by atoms with Crippen molar-refractivity contribution in [2.24, 2.45) is 0 Å². The molecule has 4 heteroatoms. The van der Waals surface area contributed by atoms with Crippen LogP contribution in [-0.2, 0) is 0 Å². The summed E-state index contributed by atoms with van der Waals surface area (Å²) in [6, 6.07) is 39.7. The standard InChI is InChI=1S/C12H10.C6H7BO2.C6H5I.2C2H6/c1-3-7-11(8-4-1)12-9-5-2-6-10-12;8-7(9)6-4-2-1-3-5-6;7-6-4-2-1-3-5-6;2*1-2/h1-10H;1-5,8-9H;1-5H;2*1-2H3. The molecule has 0 fully saturated rings. The van der Waals surface area contributed by atoms with Crippen LogP contribution in [-0.4, -0.2) is 17.2 Å². The van der Waals surface area contributed by atoms with E-state index in [2.05, 4.69) is 83.3 Å². The lowest BCUT2D eigenvalue weighted by molar-refractivity contribution is 0.426. The maximum Gasteiger partial charge on any atom is 0.488 e. The fourth-order valence-corrected chi connectivity index (χ4v) is 2.72. The predicted molar refractivity (Wildman–Crippen MR) is 150 cm³/mol. The van der Waals surface area contributed by atoms with E-state index in [1.54, 1.807) is 24.3 Å². The van der Waals surface area contributed by atoms with Crippen LogP contribution in [0.5, 0.6) is 0 Å². The Morgan fingerprint density at radius 1 is 0.469 bits per heavy atom. The Morgan fingerprint density at radius 3 is 0.969 bits per heavy atom. The molecule has 0 saturated heterocycles. The maximum absolute atomic E-state index is 8.58. The summed E-state index contributed by atoms with van der Waals surface area (Å²) in [5.74, 6) is 0. The molecule has 4 aromatic rings. The van der Waals surface area contributed by atoms with Gasteiger partial charge < -0.3 is 10.0 Å². The number of benzene rings is 4. The van der Waals surface area contributed by atoms with Gasteiger partial charge >= 0.3 is 7.12 Å². The first-order valence-corrected chi connectivity index (χ1v) is 12.0. The van der Waals surface area contributed by atoms with Crippen molar-refractivity contribution in [2.45, 2.75) is 27.7 Å². The zero-order valence-corrected chi connectivity index (χ0v) is 21.6. The monoisotopic (exact) mass is 540 g/mol. The van der Waals surface area contributed by atoms with Crippen molar-refractivity contribution >= 4 is 35.2 Å². The molecule has 4 rings (SSSR count). The van der Waals surface area contributed by atoms with E-state index < -0.39 is 7.12 Å². The van der Waals surface area contributed by atoms with Gasteiger partial charge in [0.05, 0.1) is 0 Å². The Balaban J connectivity index is 0.000000430. The SMILES string of the molecule is CC.CC.Ic1ccccc1.OB(O)c1ccccc1.c1ccc(-c2ccccc2)cc1. The van der Waals surface area contributed by atoms with E-state index in [1.165, 1.54) is 14.7 Å². The summed E-state index contributed by atoms with van der Waals surface area (Å²) < 4.78 is 1.29. The van der Waals surface area contributed by atoms with E-state index in [0.29, 0.717) is 5.46 Å². The third-order valence-corrected chi connectivity index (χ3v) is 4.43. The molecule has 2 nitrogen and oxygen atoms in total. The topological polar surface area (TPSA) is 40.5 Å². The fraction of sp³-hybridized carbons (Fsp3) is 0.143. The van der Waals surface area contributed by atoms with E-state index in [9.17, 15) is 0 Å². The van der Waals surface area contributed by atoms with Crippen LogP contribution < -0.4 is 5.46 Å². The van der Waals surface area contributed by atoms with Crippen LogP contribution in [0.25, 0.3) is 11.1 Å². The Kier molecular flexibility index (Phi) is 19.0. The van der Waals surface area contributed by atoms with Gasteiger partial charge in [-0.15, -0.1) is 0 Å². The molecule has 0 heterocycles. The molecule has 4 aromatic carbocycles. The van der Waals surface area contributed by atoms with Crippen LogP contribution in [0.1, 0.15) is 27.7 Å². The van der Waals surface area contributed by atoms with Crippen LogP contribution in [0.3, 0.4) is 0 Å². The molecule has 0 aliphatic rings. The van der Waals surface area contributed by atoms with E-state index in [4.69, 9.17) is 10.0 Å². The largest absolute Gasteiger partial charge is 0.488 e. The second kappa shape index (κ2) is 20.5. The number of rotatable bonds is 2. The van der Waals surface area contributed by atoms with Crippen molar-refractivity contribution < 1.29 is 10.0 Å². The van der Waals surface area contributed by atoms with Crippen molar-refractivity contribution in [3.05, 3.63) is 125 Å². The minimum Gasteiger partial charge on any atom is -0.423 e. The molecule has 0 bridgehead atoms. The minimum absolute atomic E-state index is 0.525. The Hall–Kier alpha value is -2.41. The van der Waals surface area contributed by atoms with Crippen LogP contribution in [0.4, 0.5) is 0 Å². The van der Waals surface area contributed by atoms with Gasteiger partial charge in [-0.2, -0.15) is 0 Å². The van der Waals surface area contributed by atoms with Gasteiger partial charge in [0.15, 0.2) is 0 Å². The lowest BCUT2D eigenvalue weighted by Crippen LogP contribution is -2.29. The molecule has 0 atom stereocenters. The Bertz CT molecular complexity index is 850. The highest BCUT2D eigenvalue weighted by Crippen LogP contribution is 2.17. The van der Waals surface area contributed by atoms with Crippen LogP contribution in [0.2, 0.25) is 0 Å². The van der Waals surface area contributed by atoms with E-state index >= 15 is 0 Å². The van der Waals surface area contributed by atoms with Crippen molar-refractivity contribution in [2.75, 3.05) is 0 Å². The summed E-state index contributed by atoms with van der Waals surface area (Å²) in [5, 5.41) is 17.2. The first-order chi connectivity index (χ1) is 15.7. The van der Waals surface area contributed by atoms with Gasteiger partial charge in [-0.1, -0.05) is 137 Å². The van der Waals surface area contributed by atoms with Gasteiger partial charge in [0.2, 0.25) is 0 Å². The lowest BCUT2D eigenvalue weighted by Gasteiger charge is -1.98. The second-order valence-corrected chi connectivity index (χ2v) is 7.06. The number of hydrogen-bond donors (Lipinski definition) is 2. The van der Waals surface area contributed by atoms with Crippen molar-refractivity contribution in [3.63, 3.8) is 0 Å². The van der Waals surface area contributed by atoms with Crippen LogP contribution >= 0.6 is 22.6 Å². The first kappa shape index (κ1) is 29.6. The summed E-state index contributed by atoms with van der Waals surface area (Å²) in [5.41, 5.74) is 3.08. The highest BCUT2D eigenvalue weighted by molar-refractivity contribution is 14.1. The molecule has 168 valence electrons. The summed E-state index contributed by atoms with van der Waals surface area (Å²) in [6.45, 7) is 8.00. The highest BCUT2D eigenvalue weighted by atomic mass is 127. The van der Waals surface area contributed by atoms with Gasteiger partial charge in [0.1, 0.15) is 0 Å². The zero-order valence-electron chi connectivity index (χ0n) is 19.4. The molecular formula is C28H34BIO2. The van der Waals surface area contributed by atoms with Crippen molar-refractivity contribution in [3.8, 4) is 11.1 Å². The number of halogens is 1. The van der Waals surface area contributed by atoms with E-state index in [-0.39, 0.29) is 0 Å². The maximum atomic E-state index is 8.58. The third-order valence-electron chi connectivity index (χ3n) is 3.71. The molecule has 32 heavy (non-hydrogen) atoms. The molecule has 0 saturated carbocycles. The molecule has 0 amide bonds. The normalized spacial score (nSPS) is 8.47. The Labute approximate surface area is 208 Å². The molecular weight excluding hydrogens is 506 g/mol. The smallest absolute Gasteiger partial charge is 0.423 e. The molecule has 0 radical (unpaired) electrons. The fourth-order valence-electron chi connectivity index (χ4n) is 2.30. The molecule has 0 aromatic heterocycles. The number of hydrogen-bond acceptors (Lipinski definition) is 2. The predicted octanol–water partition coefficient (Wildman–Crippen LogP) is 7.06. The first-order valence-electron chi connectivity index (χ1n) is 10.9. The quantitative estimate of drug-likeness (QED) is 0.211. The molecule has 0 aliphatic carbocycles. The van der Waals surface area contributed by atoms with Crippen molar-refractivity contribution in [1.29, 1.82) is 0 Å². The summed E-state index contributed by atoms with van der Waals surface area (Å²) in [4.78, 5) is 0. The van der Waals surface area contributed by atoms with E-state index in [1.807, 2.05) is 64.1 Å². The average Bonchev–Trinajstić information content (AvgIpc) is 2.89. The minimum atomic E-state index is -1.34. The van der Waals surface area contributed by atoms with Crippen LogP contribution in [0.15, 0.2) is 121 Å². The molecule has 0 aliphatic heterocycles. The second-order valence-electron chi connectivity index (χ2n) is 5.81. The zero-order chi connectivity index (χ0) is 24.0. The lowest BCUT2D eigenvalue weighted by atomic mass is 9.81. The van der Waals surface area contributed by atoms with Gasteiger partial charge in [0.25, 0.3) is 0 Å². The summed E-state index contributed by atoms with van der Waals surface area (Å²) >= 11 is 2.28. The summed E-state index contributed by atoms with van der Waals surface area (Å²) in [6.07, 6.45) is 0.